The molecule has 1 aliphatic heterocycles. The molecule has 0 fully saturated rings. The van der Waals surface area contributed by atoms with Crippen LogP contribution in [0.25, 0.3) is 0 Å². The Balaban J connectivity index is 1.68. The van der Waals surface area contributed by atoms with Crippen molar-refractivity contribution in [1.29, 1.82) is 0 Å². The van der Waals surface area contributed by atoms with E-state index >= 15 is 0 Å². The fourth-order valence-electron chi connectivity index (χ4n) is 2.45. The molecule has 0 saturated carbocycles. The fraction of sp³-hybridized carbons (Fsp3) is 0.263. The molecule has 0 radical (unpaired) electrons. The number of hydrogen-bond acceptors (Lipinski definition) is 5. The number of ether oxygens (including phenoxy) is 3. The topological polar surface area (TPSA) is 73.9 Å². The van der Waals surface area contributed by atoms with E-state index in [9.17, 15) is 18.4 Å². The lowest BCUT2D eigenvalue weighted by Crippen LogP contribution is -2.30. The van der Waals surface area contributed by atoms with Crippen LogP contribution in [0.15, 0.2) is 30.3 Å². The SMILES string of the molecule is C[C@H](OC(=O)c1cc(Cl)c2c(c1)OCCCO2)C(=O)Nc1ccc(F)c(F)c1. The van der Waals surface area contributed by atoms with Crippen molar-refractivity contribution < 1.29 is 32.6 Å². The van der Waals surface area contributed by atoms with Gasteiger partial charge in [0.25, 0.3) is 5.91 Å². The molecule has 1 atom stereocenters. The molecule has 0 unspecified atom stereocenters. The molecule has 0 aliphatic carbocycles. The zero-order valence-corrected chi connectivity index (χ0v) is 15.5. The van der Waals surface area contributed by atoms with Gasteiger partial charge in [-0.05, 0) is 31.2 Å². The van der Waals surface area contributed by atoms with Crippen molar-refractivity contribution in [2.24, 2.45) is 0 Å². The lowest BCUT2D eigenvalue weighted by atomic mass is 10.2. The molecule has 2 aromatic rings. The third-order valence-corrected chi connectivity index (χ3v) is 4.16. The van der Waals surface area contributed by atoms with Crippen LogP contribution in [-0.4, -0.2) is 31.2 Å². The summed E-state index contributed by atoms with van der Waals surface area (Å²) < 4.78 is 42.3. The average molecular weight is 412 g/mol. The first-order valence-electron chi connectivity index (χ1n) is 8.41. The predicted molar refractivity (Wildman–Crippen MR) is 96.9 cm³/mol. The Morgan fingerprint density at radius 1 is 1.14 bits per heavy atom. The van der Waals surface area contributed by atoms with Crippen LogP contribution in [0.4, 0.5) is 14.5 Å². The standard InChI is InChI=1S/C19H16ClF2NO5/c1-10(18(24)23-12-3-4-14(21)15(22)9-12)28-19(25)11-7-13(20)17-16(8-11)26-5-2-6-27-17/h3-4,7-10H,2,5-6H2,1H3,(H,23,24)/t10-/m0/s1. The van der Waals surface area contributed by atoms with E-state index in [4.69, 9.17) is 25.8 Å². The van der Waals surface area contributed by atoms with Crippen molar-refractivity contribution in [3.8, 4) is 11.5 Å². The second-order valence-electron chi connectivity index (χ2n) is 6.00. The summed E-state index contributed by atoms with van der Waals surface area (Å²) in [7, 11) is 0. The van der Waals surface area contributed by atoms with Gasteiger partial charge in [0.15, 0.2) is 29.2 Å². The second kappa shape index (κ2) is 8.43. The minimum Gasteiger partial charge on any atom is -0.489 e. The van der Waals surface area contributed by atoms with Crippen molar-refractivity contribution in [3.63, 3.8) is 0 Å². The Kier molecular flexibility index (Phi) is 5.99. The Labute approximate surface area is 164 Å². The van der Waals surface area contributed by atoms with Gasteiger partial charge < -0.3 is 19.5 Å². The number of nitrogens with one attached hydrogen (secondary N) is 1. The summed E-state index contributed by atoms with van der Waals surface area (Å²) in [4.78, 5) is 24.5. The van der Waals surface area contributed by atoms with Crippen molar-refractivity contribution in [1.82, 2.24) is 0 Å². The van der Waals surface area contributed by atoms with Crippen molar-refractivity contribution in [2.75, 3.05) is 18.5 Å². The molecule has 0 saturated heterocycles. The van der Waals surface area contributed by atoms with Gasteiger partial charge in [-0.1, -0.05) is 11.6 Å². The third-order valence-electron chi connectivity index (χ3n) is 3.88. The molecule has 1 N–H and O–H groups in total. The molecule has 0 bridgehead atoms. The van der Waals surface area contributed by atoms with E-state index in [1.54, 1.807) is 0 Å². The molecular formula is C19H16ClF2NO5. The molecule has 0 aromatic heterocycles. The maximum Gasteiger partial charge on any atom is 0.339 e. The van der Waals surface area contributed by atoms with Gasteiger partial charge in [-0.2, -0.15) is 0 Å². The Morgan fingerprint density at radius 3 is 2.64 bits per heavy atom. The number of anilines is 1. The molecule has 1 aliphatic rings. The molecule has 1 amide bonds. The third kappa shape index (κ3) is 4.51. The lowest BCUT2D eigenvalue weighted by molar-refractivity contribution is -0.123. The maximum atomic E-state index is 13.2. The van der Waals surface area contributed by atoms with Crippen molar-refractivity contribution in [2.45, 2.75) is 19.4 Å². The molecular weight excluding hydrogens is 396 g/mol. The number of benzene rings is 2. The summed E-state index contributed by atoms with van der Waals surface area (Å²) in [6.07, 6.45) is -0.526. The van der Waals surface area contributed by atoms with Crippen molar-refractivity contribution >= 4 is 29.2 Å². The first-order valence-corrected chi connectivity index (χ1v) is 8.79. The quantitative estimate of drug-likeness (QED) is 0.771. The Hall–Kier alpha value is -2.87. The largest absolute Gasteiger partial charge is 0.489 e. The number of esters is 1. The van der Waals surface area contributed by atoms with Crippen LogP contribution in [0.3, 0.4) is 0 Å². The van der Waals surface area contributed by atoms with Crippen LogP contribution in [-0.2, 0) is 9.53 Å². The highest BCUT2D eigenvalue weighted by molar-refractivity contribution is 6.32. The van der Waals surface area contributed by atoms with Gasteiger partial charge >= 0.3 is 5.97 Å². The van der Waals surface area contributed by atoms with Gasteiger partial charge in [-0.15, -0.1) is 0 Å². The normalized spacial score (nSPS) is 14.0. The maximum absolute atomic E-state index is 13.2. The summed E-state index contributed by atoms with van der Waals surface area (Å²) in [5.74, 6) is -2.99. The Bertz CT molecular complexity index is 921. The zero-order valence-electron chi connectivity index (χ0n) is 14.8. The predicted octanol–water partition coefficient (Wildman–Crippen LogP) is 3.96. The summed E-state index contributed by atoms with van der Waals surface area (Å²) in [5, 5.41) is 2.53. The second-order valence-corrected chi connectivity index (χ2v) is 6.41. The van der Waals surface area contributed by atoms with Crippen LogP contribution < -0.4 is 14.8 Å². The lowest BCUT2D eigenvalue weighted by Gasteiger charge is -2.15. The minimum atomic E-state index is -1.20. The van der Waals surface area contributed by atoms with Crippen LogP contribution in [0.1, 0.15) is 23.7 Å². The first kappa shape index (κ1) is 19.9. The Morgan fingerprint density at radius 2 is 1.89 bits per heavy atom. The van der Waals surface area contributed by atoms with E-state index in [-0.39, 0.29) is 16.3 Å². The van der Waals surface area contributed by atoms with E-state index in [2.05, 4.69) is 5.32 Å². The molecule has 2 aromatic carbocycles. The summed E-state index contributed by atoms with van der Waals surface area (Å²) >= 11 is 6.14. The molecule has 9 heteroatoms. The monoisotopic (exact) mass is 411 g/mol. The number of fused-ring (bicyclic) bond motifs is 1. The van der Waals surface area contributed by atoms with Crippen LogP contribution in [0.5, 0.6) is 11.5 Å². The minimum absolute atomic E-state index is 0.0328. The van der Waals surface area contributed by atoms with Gasteiger partial charge in [0.1, 0.15) is 0 Å². The summed E-state index contributed by atoms with van der Waals surface area (Å²) in [6.45, 7) is 2.20. The highest BCUT2D eigenvalue weighted by Crippen LogP contribution is 2.38. The highest BCUT2D eigenvalue weighted by Gasteiger charge is 2.23. The first-order chi connectivity index (χ1) is 13.3. The summed E-state index contributed by atoms with van der Waals surface area (Å²) in [6, 6.07) is 5.67. The number of carbonyl (C=O) groups excluding carboxylic acids is 2. The number of halogens is 3. The van der Waals surface area contributed by atoms with E-state index in [1.165, 1.54) is 25.1 Å². The highest BCUT2D eigenvalue weighted by atomic mass is 35.5. The summed E-state index contributed by atoms with van der Waals surface area (Å²) in [5.41, 5.74) is 0.118. The van der Waals surface area contributed by atoms with Gasteiger partial charge in [0, 0.05) is 18.2 Å². The molecule has 0 spiro atoms. The van der Waals surface area contributed by atoms with Gasteiger partial charge in [-0.25, -0.2) is 13.6 Å². The van der Waals surface area contributed by atoms with Crippen molar-refractivity contribution in [3.05, 3.63) is 52.6 Å². The molecule has 148 valence electrons. The van der Waals surface area contributed by atoms with E-state index in [1.807, 2.05) is 0 Å². The number of amides is 1. The van der Waals surface area contributed by atoms with E-state index in [0.29, 0.717) is 31.1 Å². The molecule has 3 rings (SSSR count). The van der Waals surface area contributed by atoms with Gasteiger partial charge in [0.05, 0.1) is 23.8 Å². The van der Waals surface area contributed by atoms with Crippen LogP contribution in [0.2, 0.25) is 5.02 Å². The van der Waals surface area contributed by atoms with Gasteiger partial charge in [0.2, 0.25) is 0 Å². The van der Waals surface area contributed by atoms with E-state index < -0.39 is 29.6 Å². The molecule has 28 heavy (non-hydrogen) atoms. The number of carbonyl (C=O) groups is 2. The van der Waals surface area contributed by atoms with E-state index in [0.717, 1.165) is 12.1 Å². The number of hydrogen-bond donors (Lipinski definition) is 1. The van der Waals surface area contributed by atoms with Crippen LogP contribution in [0, 0.1) is 11.6 Å². The molecule has 1 heterocycles. The molecule has 6 nitrogen and oxygen atoms in total. The van der Waals surface area contributed by atoms with Crippen LogP contribution >= 0.6 is 11.6 Å². The average Bonchev–Trinajstić information content (AvgIpc) is 2.90. The number of rotatable bonds is 4. The smallest absolute Gasteiger partial charge is 0.339 e. The van der Waals surface area contributed by atoms with Gasteiger partial charge in [-0.3, -0.25) is 4.79 Å². The fourth-order valence-corrected chi connectivity index (χ4v) is 2.71. The zero-order chi connectivity index (χ0) is 20.3.